The van der Waals surface area contributed by atoms with Crippen LogP contribution in [0.4, 0.5) is 0 Å². The highest BCUT2D eigenvalue weighted by molar-refractivity contribution is 5.30. The number of likely N-dealkylation sites (tertiary alicyclic amines) is 1. The molecule has 0 amide bonds. The van der Waals surface area contributed by atoms with Crippen molar-refractivity contribution in [2.24, 2.45) is 5.92 Å². The van der Waals surface area contributed by atoms with E-state index >= 15 is 0 Å². The van der Waals surface area contributed by atoms with Crippen LogP contribution in [0.5, 0.6) is 5.75 Å². The zero-order chi connectivity index (χ0) is 13.8. The Kier molecular flexibility index (Phi) is 4.65. The van der Waals surface area contributed by atoms with Crippen molar-refractivity contribution in [3.63, 3.8) is 0 Å². The number of hydrogen-bond donors (Lipinski definition) is 0. The van der Waals surface area contributed by atoms with Crippen molar-refractivity contribution < 1.29 is 4.74 Å². The van der Waals surface area contributed by atoms with Crippen LogP contribution in [0.3, 0.4) is 0 Å². The fraction of sp³-hybridized carbons (Fsp3) is 0.529. The number of rotatable bonds is 3. The monoisotopic (exact) mass is 259 g/mol. The van der Waals surface area contributed by atoms with Crippen LogP contribution in [0, 0.1) is 5.92 Å². The van der Waals surface area contributed by atoms with Gasteiger partial charge in [0.2, 0.25) is 0 Å². The predicted molar refractivity (Wildman–Crippen MR) is 80.5 cm³/mol. The predicted octanol–water partition coefficient (Wildman–Crippen LogP) is 4.04. The van der Waals surface area contributed by atoms with E-state index in [1.54, 1.807) is 12.7 Å². The Morgan fingerprint density at radius 3 is 2.89 bits per heavy atom. The lowest BCUT2D eigenvalue weighted by molar-refractivity contribution is 0.170. The first-order valence-corrected chi connectivity index (χ1v) is 7.16. The second-order valence-corrected chi connectivity index (χ2v) is 5.64. The van der Waals surface area contributed by atoms with E-state index in [1.807, 2.05) is 6.07 Å². The van der Waals surface area contributed by atoms with Crippen LogP contribution < -0.4 is 4.74 Å². The molecule has 2 rings (SSSR count). The maximum Gasteiger partial charge on any atom is 0.119 e. The van der Waals surface area contributed by atoms with E-state index in [0.717, 1.165) is 18.2 Å². The number of hydrogen-bond acceptors (Lipinski definition) is 2. The van der Waals surface area contributed by atoms with Crippen molar-refractivity contribution >= 4 is 0 Å². The van der Waals surface area contributed by atoms with Gasteiger partial charge in [-0.15, -0.1) is 0 Å². The minimum Gasteiger partial charge on any atom is -0.497 e. The Balaban J connectivity index is 2.15. The van der Waals surface area contributed by atoms with Crippen LogP contribution in [0.1, 0.15) is 38.8 Å². The van der Waals surface area contributed by atoms with Crippen molar-refractivity contribution in [2.45, 2.75) is 33.2 Å². The highest BCUT2D eigenvalue weighted by Crippen LogP contribution is 2.30. The summed E-state index contributed by atoms with van der Waals surface area (Å²) in [4.78, 5) is 2.57. The minimum atomic E-state index is 0.438. The van der Waals surface area contributed by atoms with E-state index < -0.39 is 0 Å². The molecule has 2 nitrogen and oxygen atoms in total. The van der Waals surface area contributed by atoms with Crippen molar-refractivity contribution in [2.75, 3.05) is 20.2 Å². The number of allylic oxidation sites excluding steroid dienone is 1. The summed E-state index contributed by atoms with van der Waals surface area (Å²) in [6, 6.07) is 8.87. The smallest absolute Gasteiger partial charge is 0.119 e. The lowest BCUT2D eigenvalue weighted by Crippen LogP contribution is -2.37. The van der Waals surface area contributed by atoms with Gasteiger partial charge in [-0.3, -0.25) is 4.90 Å². The van der Waals surface area contributed by atoms with Crippen molar-refractivity contribution in [1.29, 1.82) is 0 Å². The van der Waals surface area contributed by atoms with Gasteiger partial charge in [-0.2, -0.15) is 0 Å². The second-order valence-electron chi connectivity index (χ2n) is 5.64. The first-order valence-electron chi connectivity index (χ1n) is 7.16. The number of nitrogens with zero attached hydrogens (tertiary/aromatic N) is 1. The summed E-state index contributed by atoms with van der Waals surface area (Å²) in [6.07, 6.45) is 3.53. The van der Waals surface area contributed by atoms with Crippen molar-refractivity contribution in [3.05, 3.63) is 41.5 Å². The van der Waals surface area contributed by atoms with Gasteiger partial charge in [-0.1, -0.05) is 30.7 Å². The summed E-state index contributed by atoms with van der Waals surface area (Å²) < 4.78 is 5.33. The first kappa shape index (κ1) is 14.1. The standard InChI is InChI=1S/C17H25NO/c1-5-15-9-13(2)11-18(12-15)14(3)16-7-6-8-17(10-16)19-4/h5-8,10,13-14H,9,11-12H2,1-4H3/t13?,14-/m0/s1. The highest BCUT2D eigenvalue weighted by Gasteiger charge is 2.24. The summed E-state index contributed by atoms with van der Waals surface area (Å²) in [7, 11) is 1.73. The van der Waals surface area contributed by atoms with Crippen LogP contribution >= 0.6 is 0 Å². The molecule has 1 aliphatic heterocycles. The fourth-order valence-corrected chi connectivity index (χ4v) is 2.92. The maximum absolute atomic E-state index is 5.33. The van der Waals surface area contributed by atoms with Gasteiger partial charge in [0.05, 0.1) is 7.11 Å². The molecule has 0 saturated carbocycles. The topological polar surface area (TPSA) is 12.5 Å². The van der Waals surface area contributed by atoms with E-state index in [9.17, 15) is 0 Å². The molecule has 104 valence electrons. The van der Waals surface area contributed by atoms with Crippen LogP contribution in [0.2, 0.25) is 0 Å². The molecule has 0 aromatic heterocycles. The van der Waals surface area contributed by atoms with Gasteiger partial charge in [-0.05, 0) is 43.9 Å². The molecule has 1 fully saturated rings. The molecular weight excluding hydrogens is 234 g/mol. The molecular formula is C17H25NO. The molecule has 1 aromatic carbocycles. The number of benzene rings is 1. The average Bonchev–Trinajstić information content (AvgIpc) is 2.45. The molecule has 1 saturated heterocycles. The second kappa shape index (κ2) is 6.25. The summed E-state index contributed by atoms with van der Waals surface area (Å²) in [5.74, 6) is 1.69. The quantitative estimate of drug-likeness (QED) is 0.759. The van der Waals surface area contributed by atoms with Gasteiger partial charge in [0.25, 0.3) is 0 Å². The third kappa shape index (κ3) is 3.38. The van der Waals surface area contributed by atoms with E-state index in [-0.39, 0.29) is 0 Å². The van der Waals surface area contributed by atoms with Crippen LogP contribution in [0.15, 0.2) is 35.9 Å². The third-order valence-electron chi connectivity index (χ3n) is 4.10. The molecule has 1 heterocycles. The molecule has 1 aliphatic rings. The van der Waals surface area contributed by atoms with Crippen molar-refractivity contribution in [1.82, 2.24) is 4.90 Å². The Hall–Kier alpha value is -1.28. The molecule has 2 heteroatoms. The average molecular weight is 259 g/mol. The fourth-order valence-electron chi connectivity index (χ4n) is 2.92. The lowest BCUT2D eigenvalue weighted by Gasteiger charge is -2.37. The highest BCUT2D eigenvalue weighted by atomic mass is 16.5. The molecule has 1 aromatic rings. The third-order valence-corrected chi connectivity index (χ3v) is 4.10. The van der Waals surface area contributed by atoms with Gasteiger partial charge < -0.3 is 4.74 Å². The van der Waals surface area contributed by atoms with E-state index in [2.05, 4.69) is 49.9 Å². The van der Waals surface area contributed by atoms with Gasteiger partial charge in [-0.25, -0.2) is 0 Å². The zero-order valence-corrected chi connectivity index (χ0v) is 12.5. The molecule has 0 N–H and O–H groups in total. The van der Waals surface area contributed by atoms with E-state index in [1.165, 1.54) is 18.5 Å². The normalized spacial score (nSPS) is 24.4. The van der Waals surface area contributed by atoms with Crippen LogP contribution in [-0.2, 0) is 0 Å². The summed E-state index contributed by atoms with van der Waals surface area (Å²) >= 11 is 0. The van der Waals surface area contributed by atoms with Crippen LogP contribution in [0.25, 0.3) is 0 Å². The zero-order valence-electron chi connectivity index (χ0n) is 12.5. The van der Waals surface area contributed by atoms with Crippen molar-refractivity contribution in [3.8, 4) is 5.75 Å². The largest absolute Gasteiger partial charge is 0.497 e. The van der Waals surface area contributed by atoms with E-state index in [4.69, 9.17) is 4.74 Å². The Labute approximate surface area is 117 Å². The van der Waals surface area contributed by atoms with Crippen LogP contribution in [-0.4, -0.2) is 25.1 Å². The Morgan fingerprint density at radius 2 is 2.21 bits per heavy atom. The molecule has 0 bridgehead atoms. The summed E-state index contributed by atoms with van der Waals surface area (Å²) in [5.41, 5.74) is 2.90. The number of methoxy groups -OCH3 is 1. The van der Waals surface area contributed by atoms with Gasteiger partial charge in [0.15, 0.2) is 0 Å². The van der Waals surface area contributed by atoms with Gasteiger partial charge >= 0.3 is 0 Å². The van der Waals surface area contributed by atoms with E-state index in [0.29, 0.717) is 6.04 Å². The SMILES string of the molecule is CC=C1CC(C)CN([C@@H](C)c2cccc(OC)c2)C1. The van der Waals surface area contributed by atoms with Gasteiger partial charge in [0, 0.05) is 19.1 Å². The van der Waals surface area contributed by atoms with Gasteiger partial charge in [0.1, 0.15) is 5.75 Å². The first-order chi connectivity index (χ1) is 9.13. The number of piperidine rings is 1. The lowest BCUT2D eigenvalue weighted by atomic mass is 9.93. The Morgan fingerprint density at radius 1 is 1.42 bits per heavy atom. The minimum absolute atomic E-state index is 0.438. The molecule has 19 heavy (non-hydrogen) atoms. The summed E-state index contributed by atoms with van der Waals surface area (Å²) in [6.45, 7) is 9.06. The maximum atomic E-state index is 5.33. The molecule has 0 radical (unpaired) electrons. The molecule has 0 aliphatic carbocycles. The molecule has 1 unspecified atom stereocenters. The number of ether oxygens (including phenoxy) is 1. The summed E-state index contributed by atoms with van der Waals surface area (Å²) in [5, 5.41) is 0. The molecule has 0 spiro atoms. The molecule has 2 atom stereocenters. The Bertz CT molecular complexity index is 452.